The lowest BCUT2D eigenvalue weighted by molar-refractivity contribution is -0.126. The number of anilines is 1. The van der Waals surface area contributed by atoms with Crippen molar-refractivity contribution in [2.24, 2.45) is 17.3 Å². The molecule has 1 N–H and O–H groups in total. The molecule has 0 radical (unpaired) electrons. The van der Waals surface area contributed by atoms with Crippen molar-refractivity contribution in [2.75, 3.05) is 19.0 Å². The van der Waals surface area contributed by atoms with Gasteiger partial charge in [-0.25, -0.2) is 18.1 Å². The summed E-state index contributed by atoms with van der Waals surface area (Å²) in [4.78, 5) is 18.3. The highest BCUT2D eigenvalue weighted by molar-refractivity contribution is 7.90. The second-order valence-corrected chi connectivity index (χ2v) is 8.05. The zero-order valence-corrected chi connectivity index (χ0v) is 14.7. The molecule has 1 saturated carbocycles. The van der Waals surface area contributed by atoms with Gasteiger partial charge in [0.1, 0.15) is 10.7 Å². The highest BCUT2D eigenvalue weighted by Crippen LogP contribution is 2.58. The summed E-state index contributed by atoms with van der Waals surface area (Å²) in [5, 5.41) is 0. The lowest BCUT2D eigenvalue weighted by Crippen LogP contribution is -2.40. The maximum absolute atomic E-state index is 12.6. The number of sulfonamides is 1. The summed E-state index contributed by atoms with van der Waals surface area (Å²) >= 11 is 0. The molecular weight excluding hydrogens is 314 g/mol. The summed E-state index contributed by atoms with van der Waals surface area (Å²) in [6, 6.07) is 2.98. The number of amides is 1. The molecule has 1 amide bonds. The lowest BCUT2D eigenvalue weighted by Gasteiger charge is -2.21. The fraction of sp³-hybridized carbons (Fsp3) is 0.500. The van der Waals surface area contributed by atoms with Crippen LogP contribution in [-0.2, 0) is 14.8 Å². The first-order valence-electron chi connectivity index (χ1n) is 7.49. The summed E-state index contributed by atoms with van der Waals surface area (Å²) in [5.41, 5.74) is -0.685. The molecule has 1 aromatic rings. The molecule has 0 spiro atoms. The molecule has 0 saturated heterocycles. The van der Waals surface area contributed by atoms with Crippen LogP contribution in [-0.4, -0.2) is 33.4 Å². The van der Waals surface area contributed by atoms with Gasteiger partial charge in [0.15, 0.2) is 0 Å². The number of carbonyl (C=O) groups is 1. The van der Waals surface area contributed by atoms with Crippen LogP contribution in [0.25, 0.3) is 0 Å². The van der Waals surface area contributed by atoms with Crippen LogP contribution in [0.4, 0.5) is 5.82 Å². The second kappa shape index (κ2) is 5.96. The van der Waals surface area contributed by atoms with Crippen molar-refractivity contribution in [1.82, 2.24) is 9.71 Å². The molecule has 126 valence electrons. The Hall–Kier alpha value is -1.89. The van der Waals surface area contributed by atoms with Crippen LogP contribution in [0, 0.1) is 17.3 Å². The maximum Gasteiger partial charge on any atom is 0.267 e. The van der Waals surface area contributed by atoms with E-state index in [-0.39, 0.29) is 16.7 Å². The number of aromatic nitrogens is 1. The van der Waals surface area contributed by atoms with E-state index in [0.29, 0.717) is 12.2 Å². The van der Waals surface area contributed by atoms with E-state index in [9.17, 15) is 13.2 Å². The van der Waals surface area contributed by atoms with Crippen molar-refractivity contribution in [3.8, 4) is 0 Å². The van der Waals surface area contributed by atoms with Crippen molar-refractivity contribution < 1.29 is 13.2 Å². The summed E-state index contributed by atoms with van der Waals surface area (Å²) < 4.78 is 27.5. The molecule has 6 nitrogen and oxygen atoms in total. The van der Waals surface area contributed by atoms with Gasteiger partial charge in [-0.2, -0.15) is 0 Å². The van der Waals surface area contributed by atoms with Crippen molar-refractivity contribution in [3.63, 3.8) is 0 Å². The van der Waals surface area contributed by atoms with E-state index < -0.39 is 21.3 Å². The van der Waals surface area contributed by atoms with Crippen molar-refractivity contribution in [1.29, 1.82) is 0 Å². The maximum atomic E-state index is 12.6. The third kappa shape index (κ3) is 2.97. The van der Waals surface area contributed by atoms with Gasteiger partial charge in [0.05, 0.1) is 5.41 Å². The second-order valence-electron chi connectivity index (χ2n) is 6.40. The normalized spacial score (nSPS) is 23.4. The van der Waals surface area contributed by atoms with Gasteiger partial charge in [0.25, 0.3) is 10.0 Å². The van der Waals surface area contributed by atoms with E-state index in [1.54, 1.807) is 25.1 Å². The number of allylic oxidation sites excluding steroid dienone is 1. The monoisotopic (exact) mass is 337 g/mol. The molecule has 1 fully saturated rings. The quantitative estimate of drug-likeness (QED) is 0.801. The minimum Gasteiger partial charge on any atom is -0.362 e. The van der Waals surface area contributed by atoms with E-state index >= 15 is 0 Å². The van der Waals surface area contributed by atoms with Crippen LogP contribution >= 0.6 is 0 Å². The molecule has 1 heterocycles. The summed E-state index contributed by atoms with van der Waals surface area (Å²) in [7, 11) is -0.578. The van der Waals surface area contributed by atoms with E-state index in [0.717, 1.165) is 0 Å². The SMILES string of the molecule is C=C[C@@H]1C[C@@]1(C(=O)NS(=O)(=O)c1cccnc1N(C)C)C(C)C. The van der Waals surface area contributed by atoms with Crippen molar-refractivity contribution >= 4 is 21.7 Å². The van der Waals surface area contributed by atoms with Crippen LogP contribution in [0.1, 0.15) is 20.3 Å². The van der Waals surface area contributed by atoms with E-state index in [1.165, 1.54) is 18.3 Å². The predicted molar refractivity (Wildman–Crippen MR) is 89.5 cm³/mol. The number of rotatable bonds is 6. The lowest BCUT2D eigenvalue weighted by atomic mass is 9.89. The Kier molecular flexibility index (Phi) is 4.52. The van der Waals surface area contributed by atoms with Gasteiger partial charge in [-0.05, 0) is 30.4 Å². The minimum absolute atomic E-state index is 0.00643. The molecule has 0 unspecified atom stereocenters. The Bertz CT molecular complexity index is 728. The Morgan fingerprint density at radius 2 is 2.17 bits per heavy atom. The zero-order valence-electron chi connectivity index (χ0n) is 13.9. The van der Waals surface area contributed by atoms with E-state index in [2.05, 4.69) is 16.3 Å². The molecule has 0 aliphatic heterocycles. The average molecular weight is 337 g/mol. The van der Waals surface area contributed by atoms with Crippen molar-refractivity contribution in [2.45, 2.75) is 25.2 Å². The van der Waals surface area contributed by atoms with Crippen LogP contribution in [0.3, 0.4) is 0 Å². The summed E-state index contributed by atoms with van der Waals surface area (Å²) in [6.45, 7) is 7.57. The topological polar surface area (TPSA) is 79.4 Å². The number of pyridine rings is 1. The van der Waals surface area contributed by atoms with E-state index in [4.69, 9.17) is 0 Å². The largest absolute Gasteiger partial charge is 0.362 e. The smallest absolute Gasteiger partial charge is 0.267 e. The van der Waals surface area contributed by atoms with Gasteiger partial charge in [0, 0.05) is 20.3 Å². The first-order chi connectivity index (χ1) is 10.7. The molecule has 1 aromatic heterocycles. The Balaban J connectivity index is 2.33. The Labute approximate surface area is 137 Å². The standard InChI is InChI=1S/C16H23N3O3S/c1-6-12-10-16(12,11(2)3)15(20)18-23(21,22)13-8-7-9-17-14(13)19(4)5/h6-9,11-12H,1,10H2,2-5H3,(H,18,20)/t12-,16-/m1/s1. The van der Waals surface area contributed by atoms with Crippen LogP contribution in [0.2, 0.25) is 0 Å². The summed E-state index contributed by atoms with van der Waals surface area (Å²) in [5.74, 6) is -0.128. The molecule has 2 rings (SSSR count). The third-order valence-electron chi connectivity index (χ3n) is 4.49. The molecule has 1 aliphatic carbocycles. The fourth-order valence-corrected chi connectivity index (χ4v) is 4.26. The molecule has 7 heteroatoms. The fourth-order valence-electron chi connectivity index (χ4n) is 2.99. The molecule has 2 atom stereocenters. The summed E-state index contributed by atoms with van der Waals surface area (Å²) in [6.07, 6.45) is 3.87. The highest BCUT2D eigenvalue weighted by Gasteiger charge is 2.60. The van der Waals surface area contributed by atoms with Gasteiger partial charge in [-0.15, -0.1) is 6.58 Å². The number of nitrogens with zero attached hydrogens (tertiary/aromatic N) is 2. The number of hydrogen-bond acceptors (Lipinski definition) is 5. The van der Waals surface area contributed by atoms with Crippen molar-refractivity contribution in [3.05, 3.63) is 31.0 Å². The predicted octanol–water partition coefficient (Wildman–Crippen LogP) is 1.80. The molecule has 0 bridgehead atoms. The van der Waals surface area contributed by atoms with Gasteiger partial charge in [-0.1, -0.05) is 19.9 Å². The first-order valence-corrected chi connectivity index (χ1v) is 8.97. The Morgan fingerprint density at radius 1 is 1.52 bits per heavy atom. The van der Waals surface area contributed by atoms with E-state index in [1.807, 2.05) is 13.8 Å². The number of hydrogen-bond donors (Lipinski definition) is 1. The van der Waals surface area contributed by atoms with Gasteiger partial charge < -0.3 is 4.90 Å². The zero-order chi connectivity index (χ0) is 17.4. The Morgan fingerprint density at radius 3 is 2.65 bits per heavy atom. The van der Waals surface area contributed by atoms with Crippen LogP contribution in [0.5, 0.6) is 0 Å². The van der Waals surface area contributed by atoms with Gasteiger partial charge >= 0.3 is 0 Å². The molecule has 23 heavy (non-hydrogen) atoms. The number of nitrogens with one attached hydrogen (secondary N) is 1. The van der Waals surface area contributed by atoms with Crippen LogP contribution < -0.4 is 9.62 Å². The first kappa shape index (κ1) is 17.5. The average Bonchev–Trinajstić information content (AvgIpc) is 3.23. The molecule has 1 aliphatic rings. The highest BCUT2D eigenvalue weighted by atomic mass is 32.2. The third-order valence-corrected chi connectivity index (χ3v) is 5.84. The van der Waals surface area contributed by atoms with Crippen LogP contribution in [0.15, 0.2) is 35.9 Å². The van der Waals surface area contributed by atoms with Gasteiger partial charge in [-0.3, -0.25) is 4.79 Å². The molecule has 0 aromatic carbocycles. The van der Waals surface area contributed by atoms with Gasteiger partial charge in [0.2, 0.25) is 5.91 Å². The minimum atomic E-state index is -3.98. The number of carbonyl (C=O) groups excluding carboxylic acids is 1. The molecular formula is C16H23N3O3S.